The number of aryl methyl sites for hydroxylation is 1. The highest BCUT2D eigenvalue weighted by Gasteiger charge is 2.23. The number of piperazine rings is 1. The number of carbonyl (C=O) groups is 3. The molecular formula is C21H33N5O3. The maximum atomic E-state index is 12.4. The Morgan fingerprint density at radius 1 is 1.00 bits per heavy atom. The van der Waals surface area contributed by atoms with Crippen LogP contribution in [-0.4, -0.2) is 84.9 Å². The SMILES string of the molecule is CCc1ccccc1NC(=O)CN1CCN(C(=O)NCC(=O)N(CC)CC)CC1. The van der Waals surface area contributed by atoms with Crippen molar-refractivity contribution < 1.29 is 14.4 Å². The first-order chi connectivity index (χ1) is 14.0. The summed E-state index contributed by atoms with van der Waals surface area (Å²) >= 11 is 0. The van der Waals surface area contributed by atoms with Gasteiger partial charge in [-0.05, 0) is 31.9 Å². The molecule has 0 bridgehead atoms. The number of nitrogens with one attached hydrogen (secondary N) is 2. The Morgan fingerprint density at radius 3 is 2.28 bits per heavy atom. The minimum absolute atomic E-state index is 0.0139. The molecule has 0 radical (unpaired) electrons. The highest BCUT2D eigenvalue weighted by molar-refractivity contribution is 5.93. The van der Waals surface area contributed by atoms with Crippen molar-refractivity contribution in [2.45, 2.75) is 27.2 Å². The van der Waals surface area contributed by atoms with Crippen LogP contribution in [0.5, 0.6) is 0 Å². The van der Waals surface area contributed by atoms with E-state index in [9.17, 15) is 14.4 Å². The Balaban J connectivity index is 1.73. The molecule has 1 fully saturated rings. The second-order valence-corrected chi connectivity index (χ2v) is 7.05. The standard InChI is InChI=1S/C21H33N5O3/c1-4-17-9-7-8-10-18(17)23-19(27)16-24-11-13-26(14-12-24)21(29)22-15-20(28)25(5-2)6-3/h7-10H,4-6,11-16H2,1-3H3,(H,22,29)(H,23,27). The highest BCUT2D eigenvalue weighted by atomic mass is 16.2. The number of urea groups is 1. The predicted octanol–water partition coefficient (Wildman–Crippen LogP) is 1.38. The van der Waals surface area contributed by atoms with Crippen LogP contribution in [-0.2, 0) is 16.0 Å². The molecule has 160 valence electrons. The van der Waals surface area contributed by atoms with Gasteiger partial charge >= 0.3 is 6.03 Å². The Hall–Kier alpha value is -2.61. The fourth-order valence-electron chi connectivity index (χ4n) is 3.40. The lowest BCUT2D eigenvalue weighted by Crippen LogP contribution is -2.54. The second kappa shape index (κ2) is 11.4. The molecule has 29 heavy (non-hydrogen) atoms. The number of hydrogen-bond acceptors (Lipinski definition) is 4. The zero-order valence-electron chi connectivity index (χ0n) is 17.7. The first-order valence-electron chi connectivity index (χ1n) is 10.4. The summed E-state index contributed by atoms with van der Waals surface area (Å²) in [6.07, 6.45) is 0.862. The summed E-state index contributed by atoms with van der Waals surface area (Å²) in [6.45, 7) is 9.79. The van der Waals surface area contributed by atoms with E-state index < -0.39 is 0 Å². The average Bonchev–Trinajstić information content (AvgIpc) is 2.73. The molecule has 2 rings (SSSR count). The lowest BCUT2D eigenvalue weighted by atomic mass is 10.1. The van der Waals surface area contributed by atoms with E-state index in [1.807, 2.05) is 43.0 Å². The minimum Gasteiger partial charge on any atom is -0.342 e. The largest absolute Gasteiger partial charge is 0.342 e. The number of rotatable bonds is 8. The van der Waals surface area contributed by atoms with Crippen LogP contribution in [0.15, 0.2) is 24.3 Å². The number of hydrogen-bond donors (Lipinski definition) is 2. The van der Waals surface area contributed by atoms with Crippen LogP contribution >= 0.6 is 0 Å². The van der Waals surface area contributed by atoms with Crippen LogP contribution in [0.1, 0.15) is 26.3 Å². The highest BCUT2D eigenvalue weighted by Crippen LogP contribution is 2.15. The molecule has 1 aromatic rings. The Morgan fingerprint density at radius 2 is 1.66 bits per heavy atom. The summed E-state index contributed by atoms with van der Waals surface area (Å²) in [4.78, 5) is 42.1. The van der Waals surface area contributed by atoms with Crippen molar-refractivity contribution in [3.8, 4) is 0 Å². The van der Waals surface area contributed by atoms with Gasteiger partial charge in [-0.2, -0.15) is 0 Å². The first kappa shape index (κ1) is 22.7. The van der Waals surface area contributed by atoms with Crippen molar-refractivity contribution in [2.24, 2.45) is 0 Å². The lowest BCUT2D eigenvalue weighted by Gasteiger charge is -2.34. The second-order valence-electron chi connectivity index (χ2n) is 7.05. The van der Waals surface area contributed by atoms with Crippen LogP contribution in [0.3, 0.4) is 0 Å². The Kier molecular flexibility index (Phi) is 8.92. The number of nitrogens with zero attached hydrogens (tertiary/aromatic N) is 3. The van der Waals surface area contributed by atoms with Crippen LogP contribution < -0.4 is 10.6 Å². The van der Waals surface area contributed by atoms with Crippen LogP contribution in [0.2, 0.25) is 0 Å². The molecule has 1 aromatic carbocycles. The fraction of sp³-hybridized carbons (Fsp3) is 0.571. The van der Waals surface area contributed by atoms with Crippen molar-refractivity contribution >= 4 is 23.5 Å². The van der Waals surface area contributed by atoms with E-state index in [0.29, 0.717) is 45.8 Å². The van der Waals surface area contributed by atoms with Crippen molar-refractivity contribution in [3.63, 3.8) is 0 Å². The lowest BCUT2D eigenvalue weighted by molar-refractivity contribution is -0.129. The molecule has 0 saturated carbocycles. The van der Waals surface area contributed by atoms with Gasteiger partial charge in [-0.25, -0.2) is 4.79 Å². The molecule has 0 atom stereocenters. The quantitative estimate of drug-likeness (QED) is 0.687. The molecule has 8 heteroatoms. The third kappa shape index (κ3) is 6.74. The monoisotopic (exact) mass is 403 g/mol. The molecule has 1 aliphatic rings. The Bertz CT molecular complexity index is 697. The van der Waals surface area contributed by atoms with Gasteiger partial charge in [0, 0.05) is 45.0 Å². The third-order valence-electron chi connectivity index (χ3n) is 5.21. The molecule has 4 amide bonds. The van der Waals surface area contributed by atoms with Gasteiger partial charge in [0.15, 0.2) is 0 Å². The summed E-state index contributed by atoms with van der Waals surface area (Å²) in [7, 11) is 0. The van der Waals surface area contributed by atoms with E-state index in [2.05, 4.69) is 17.6 Å². The van der Waals surface area contributed by atoms with E-state index in [1.165, 1.54) is 0 Å². The normalized spacial score (nSPS) is 14.4. The number of carbonyl (C=O) groups excluding carboxylic acids is 3. The number of amides is 4. The Labute approximate surface area is 173 Å². The number of benzene rings is 1. The molecule has 1 saturated heterocycles. The summed E-state index contributed by atoms with van der Waals surface area (Å²) in [6, 6.07) is 7.58. The third-order valence-corrected chi connectivity index (χ3v) is 5.21. The van der Waals surface area contributed by atoms with E-state index >= 15 is 0 Å². The van der Waals surface area contributed by atoms with Crippen LogP contribution in [0.25, 0.3) is 0 Å². The van der Waals surface area contributed by atoms with Gasteiger partial charge in [0.25, 0.3) is 0 Å². The summed E-state index contributed by atoms with van der Waals surface area (Å²) in [5, 5.41) is 5.68. The maximum absolute atomic E-state index is 12.4. The number of likely N-dealkylation sites (N-methyl/N-ethyl adjacent to an activating group) is 1. The van der Waals surface area contributed by atoms with Crippen molar-refractivity contribution in [1.82, 2.24) is 20.0 Å². The smallest absolute Gasteiger partial charge is 0.317 e. The van der Waals surface area contributed by atoms with Gasteiger partial charge in [-0.3, -0.25) is 14.5 Å². The average molecular weight is 404 g/mol. The molecule has 2 N–H and O–H groups in total. The summed E-state index contributed by atoms with van der Waals surface area (Å²) in [5.41, 5.74) is 1.97. The maximum Gasteiger partial charge on any atom is 0.317 e. The van der Waals surface area contributed by atoms with Crippen molar-refractivity contribution in [3.05, 3.63) is 29.8 Å². The van der Waals surface area contributed by atoms with Gasteiger partial charge in [0.2, 0.25) is 11.8 Å². The number of para-hydroxylation sites is 1. The van der Waals surface area contributed by atoms with Gasteiger partial charge in [0.05, 0.1) is 13.1 Å². The molecule has 0 aromatic heterocycles. The summed E-state index contributed by atoms with van der Waals surface area (Å²) in [5.74, 6) is -0.125. The zero-order valence-corrected chi connectivity index (χ0v) is 17.7. The predicted molar refractivity (Wildman–Crippen MR) is 114 cm³/mol. The first-order valence-corrected chi connectivity index (χ1v) is 10.4. The minimum atomic E-state index is -0.230. The molecular weight excluding hydrogens is 370 g/mol. The van der Waals surface area contributed by atoms with Crippen molar-refractivity contribution in [1.29, 1.82) is 0 Å². The number of anilines is 1. The molecule has 0 unspecified atom stereocenters. The molecule has 1 aliphatic heterocycles. The van der Waals surface area contributed by atoms with Gasteiger partial charge < -0.3 is 20.4 Å². The zero-order chi connectivity index (χ0) is 21.2. The van der Waals surface area contributed by atoms with E-state index in [0.717, 1.165) is 17.7 Å². The van der Waals surface area contributed by atoms with Gasteiger partial charge in [-0.1, -0.05) is 25.1 Å². The fourth-order valence-corrected chi connectivity index (χ4v) is 3.40. The van der Waals surface area contributed by atoms with Gasteiger partial charge in [0.1, 0.15) is 0 Å². The van der Waals surface area contributed by atoms with E-state index in [1.54, 1.807) is 9.80 Å². The van der Waals surface area contributed by atoms with E-state index in [-0.39, 0.29) is 24.4 Å². The summed E-state index contributed by atoms with van der Waals surface area (Å²) < 4.78 is 0. The molecule has 0 spiro atoms. The molecule has 0 aliphatic carbocycles. The van der Waals surface area contributed by atoms with Crippen molar-refractivity contribution in [2.75, 3.05) is 57.7 Å². The molecule has 8 nitrogen and oxygen atoms in total. The van der Waals surface area contributed by atoms with E-state index in [4.69, 9.17) is 0 Å². The van der Waals surface area contributed by atoms with Gasteiger partial charge in [-0.15, -0.1) is 0 Å². The topological polar surface area (TPSA) is 85.0 Å². The van der Waals surface area contributed by atoms with Crippen LogP contribution in [0.4, 0.5) is 10.5 Å². The molecule has 1 heterocycles. The van der Waals surface area contributed by atoms with Crippen LogP contribution in [0, 0.1) is 0 Å².